The Morgan fingerprint density at radius 3 is 2.30 bits per heavy atom. The van der Waals surface area contributed by atoms with Crippen LogP contribution in [0.15, 0.2) is 48.5 Å². The van der Waals surface area contributed by atoms with Crippen LogP contribution in [0.5, 0.6) is 0 Å². The molecular weight excluding hydrogens is 284 g/mol. The number of rotatable bonds is 5. The Labute approximate surface area is 139 Å². The smallest absolute Gasteiger partial charge is 0.226 e. The minimum Gasteiger partial charge on any atom is -0.385 e. The molecule has 0 aliphatic heterocycles. The van der Waals surface area contributed by atoms with Gasteiger partial charge in [-0.15, -0.1) is 0 Å². The Morgan fingerprint density at radius 2 is 1.70 bits per heavy atom. The molecule has 1 amide bonds. The van der Waals surface area contributed by atoms with Crippen molar-refractivity contribution in [2.45, 2.75) is 39.5 Å². The van der Waals surface area contributed by atoms with Crippen LogP contribution in [0.25, 0.3) is 0 Å². The summed E-state index contributed by atoms with van der Waals surface area (Å²) in [5.41, 5.74) is 4.49. The molecule has 0 aromatic heterocycles. The summed E-state index contributed by atoms with van der Waals surface area (Å²) in [6, 6.07) is 16.2. The van der Waals surface area contributed by atoms with Gasteiger partial charge in [0, 0.05) is 24.3 Å². The van der Waals surface area contributed by atoms with Crippen molar-refractivity contribution in [1.82, 2.24) is 0 Å². The maximum atomic E-state index is 12.0. The molecule has 0 bridgehead atoms. The first-order chi connectivity index (χ1) is 10.8. The van der Waals surface area contributed by atoms with Gasteiger partial charge < -0.3 is 10.6 Å². The molecule has 0 aliphatic carbocycles. The summed E-state index contributed by atoms with van der Waals surface area (Å²) in [7, 11) is 0. The molecule has 2 aromatic carbocycles. The monoisotopic (exact) mass is 310 g/mol. The average Bonchev–Trinajstić information content (AvgIpc) is 2.47. The van der Waals surface area contributed by atoms with Crippen molar-refractivity contribution in [3.8, 4) is 0 Å². The molecule has 0 atom stereocenters. The number of hydrogen-bond donors (Lipinski definition) is 2. The molecule has 0 saturated carbocycles. The van der Waals surface area contributed by atoms with Gasteiger partial charge in [-0.2, -0.15) is 0 Å². The predicted molar refractivity (Wildman–Crippen MR) is 98.1 cm³/mol. The molecule has 0 spiro atoms. The Hall–Kier alpha value is -2.29. The lowest BCUT2D eigenvalue weighted by molar-refractivity contribution is -0.115. The normalized spacial score (nSPS) is 11.1. The lowest BCUT2D eigenvalue weighted by atomic mass is 9.87. The number of amides is 1. The molecule has 2 N–H and O–H groups in total. The standard InChI is InChI=1S/C20H26N2O/c1-15-6-5-7-18(14-15)21-13-12-19(23)22-17-10-8-16(9-11-17)20(2,3)4/h5-11,14,21H,12-13H2,1-4H3,(H,22,23). The van der Waals surface area contributed by atoms with Gasteiger partial charge in [-0.05, 0) is 47.7 Å². The van der Waals surface area contributed by atoms with Crippen molar-refractivity contribution in [2.24, 2.45) is 0 Å². The van der Waals surface area contributed by atoms with Gasteiger partial charge in [0.1, 0.15) is 0 Å². The van der Waals surface area contributed by atoms with Gasteiger partial charge in [-0.25, -0.2) is 0 Å². The van der Waals surface area contributed by atoms with E-state index in [1.807, 2.05) is 24.3 Å². The van der Waals surface area contributed by atoms with Crippen molar-refractivity contribution in [2.75, 3.05) is 17.2 Å². The van der Waals surface area contributed by atoms with Gasteiger partial charge in [0.2, 0.25) is 5.91 Å². The largest absolute Gasteiger partial charge is 0.385 e. The molecular formula is C20H26N2O. The van der Waals surface area contributed by atoms with Crippen LogP contribution in [0.1, 0.15) is 38.3 Å². The molecule has 0 saturated heterocycles. The van der Waals surface area contributed by atoms with E-state index in [9.17, 15) is 4.79 Å². The number of hydrogen-bond acceptors (Lipinski definition) is 2. The highest BCUT2D eigenvalue weighted by atomic mass is 16.1. The van der Waals surface area contributed by atoms with E-state index in [2.05, 4.69) is 62.6 Å². The third-order valence-electron chi connectivity index (χ3n) is 3.73. The topological polar surface area (TPSA) is 41.1 Å². The zero-order valence-corrected chi connectivity index (χ0v) is 14.4. The minimum atomic E-state index is 0.0219. The molecule has 0 fully saturated rings. The van der Waals surface area contributed by atoms with E-state index in [1.165, 1.54) is 11.1 Å². The summed E-state index contributed by atoms with van der Waals surface area (Å²) in [5.74, 6) is 0.0219. The number of nitrogens with one attached hydrogen (secondary N) is 2. The average molecular weight is 310 g/mol. The Balaban J connectivity index is 1.80. The van der Waals surface area contributed by atoms with E-state index in [4.69, 9.17) is 0 Å². The van der Waals surface area contributed by atoms with Gasteiger partial charge in [0.15, 0.2) is 0 Å². The third-order valence-corrected chi connectivity index (χ3v) is 3.73. The van der Waals surface area contributed by atoms with E-state index in [0.717, 1.165) is 11.4 Å². The first-order valence-electron chi connectivity index (χ1n) is 8.05. The predicted octanol–water partition coefficient (Wildman–Crippen LogP) is 4.73. The molecule has 0 radical (unpaired) electrons. The van der Waals surface area contributed by atoms with Crippen molar-refractivity contribution in [3.05, 3.63) is 59.7 Å². The van der Waals surface area contributed by atoms with Crippen LogP contribution in [-0.2, 0) is 10.2 Å². The molecule has 3 nitrogen and oxygen atoms in total. The van der Waals surface area contributed by atoms with Gasteiger partial charge in [0.05, 0.1) is 0 Å². The molecule has 2 aromatic rings. The zero-order chi connectivity index (χ0) is 16.9. The number of carbonyl (C=O) groups excluding carboxylic acids is 1. The minimum absolute atomic E-state index is 0.0219. The van der Waals surface area contributed by atoms with E-state index >= 15 is 0 Å². The first-order valence-corrected chi connectivity index (χ1v) is 8.05. The third kappa shape index (κ3) is 5.44. The zero-order valence-electron chi connectivity index (χ0n) is 14.4. The Morgan fingerprint density at radius 1 is 1.00 bits per heavy atom. The van der Waals surface area contributed by atoms with Crippen molar-refractivity contribution >= 4 is 17.3 Å². The first kappa shape index (κ1) is 17.1. The quantitative estimate of drug-likeness (QED) is 0.838. The highest BCUT2D eigenvalue weighted by molar-refractivity contribution is 5.91. The van der Waals surface area contributed by atoms with E-state index in [0.29, 0.717) is 13.0 Å². The second-order valence-corrected chi connectivity index (χ2v) is 6.92. The fourth-order valence-electron chi connectivity index (χ4n) is 2.35. The van der Waals surface area contributed by atoms with Crippen LogP contribution in [-0.4, -0.2) is 12.5 Å². The lowest BCUT2D eigenvalue weighted by Gasteiger charge is -2.19. The maximum Gasteiger partial charge on any atom is 0.226 e. The summed E-state index contributed by atoms with van der Waals surface area (Å²) in [4.78, 5) is 12.0. The maximum absolute atomic E-state index is 12.0. The van der Waals surface area contributed by atoms with Crippen molar-refractivity contribution < 1.29 is 4.79 Å². The summed E-state index contributed by atoms with van der Waals surface area (Å²) < 4.78 is 0. The Kier molecular flexibility index (Phi) is 5.43. The summed E-state index contributed by atoms with van der Waals surface area (Å²) in [6.07, 6.45) is 0.439. The van der Waals surface area contributed by atoms with Crippen LogP contribution in [0.4, 0.5) is 11.4 Å². The summed E-state index contributed by atoms with van der Waals surface area (Å²) >= 11 is 0. The number of anilines is 2. The molecule has 23 heavy (non-hydrogen) atoms. The van der Waals surface area contributed by atoms with Crippen LogP contribution in [0.3, 0.4) is 0 Å². The van der Waals surface area contributed by atoms with E-state index in [-0.39, 0.29) is 11.3 Å². The molecule has 3 heteroatoms. The molecule has 0 heterocycles. The van der Waals surface area contributed by atoms with Crippen LogP contribution in [0.2, 0.25) is 0 Å². The number of carbonyl (C=O) groups is 1. The molecule has 0 unspecified atom stereocenters. The Bertz CT molecular complexity index is 654. The molecule has 2 rings (SSSR count). The highest BCUT2D eigenvalue weighted by Crippen LogP contribution is 2.23. The van der Waals surface area contributed by atoms with Crippen LogP contribution < -0.4 is 10.6 Å². The molecule has 0 aliphatic rings. The second kappa shape index (κ2) is 7.32. The molecule has 122 valence electrons. The van der Waals surface area contributed by atoms with E-state index in [1.54, 1.807) is 0 Å². The van der Waals surface area contributed by atoms with Crippen LogP contribution >= 0.6 is 0 Å². The fraction of sp³-hybridized carbons (Fsp3) is 0.350. The van der Waals surface area contributed by atoms with E-state index < -0.39 is 0 Å². The summed E-state index contributed by atoms with van der Waals surface area (Å²) in [5, 5.41) is 6.21. The fourth-order valence-corrected chi connectivity index (χ4v) is 2.35. The van der Waals surface area contributed by atoms with Gasteiger partial charge in [-0.3, -0.25) is 4.79 Å². The SMILES string of the molecule is Cc1cccc(NCCC(=O)Nc2ccc(C(C)(C)C)cc2)c1. The van der Waals surface area contributed by atoms with Gasteiger partial charge >= 0.3 is 0 Å². The lowest BCUT2D eigenvalue weighted by Crippen LogP contribution is -2.16. The van der Waals surface area contributed by atoms with Crippen LogP contribution in [0, 0.1) is 6.92 Å². The van der Waals surface area contributed by atoms with Crippen molar-refractivity contribution in [1.29, 1.82) is 0 Å². The van der Waals surface area contributed by atoms with Gasteiger partial charge in [-0.1, -0.05) is 45.0 Å². The van der Waals surface area contributed by atoms with Crippen molar-refractivity contribution in [3.63, 3.8) is 0 Å². The summed E-state index contributed by atoms with van der Waals surface area (Å²) in [6.45, 7) is 9.21. The number of benzene rings is 2. The second-order valence-electron chi connectivity index (χ2n) is 6.92. The highest BCUT2D eigenvalue weighted by Gasteiger charge is 2.13. The van der Waals surface area contributed by atoms with Gasteiger partial charge in [0.25, 0.3) is 0 Å². The number of aryl methyl sites for hydroxylation is 1.